The molecule has 1 saturated heterocycles. The first kappa shape index (κ1) is 21.8. The molecule has 1 aliphatic carbocycles. The number of halogens is 3. The van der Waals surface area contributed by atoms with Gasteiger partial charge in [-0.2, -0.15) is 23.5 Å². The minimum Gasteiger partial charge on any atom is -0.305 e. The first-order valence-corrected chi connectivity index (χ1v) is 11.6. The molecule has 6 nitrogen and oxygen atoms in total. The number of amides is 1. The molecule has 0 N–H and O–H groups in total. The van der Waals surface area contributed by atoms with E-state index in [1.165, 1.54) is 6.07 Å². The van der Waals surface area contributed by atoms with Crippen LogP contribution in [0, 0.1) is 11.3 Å². The van der Waals surface area contributed by atoms with E-state index in [4.69, 9.17) is 17.5 Å². The Bertz CT molecular complexity index is 1440. The standard InChI is InChI=1S/C25H18F3N5OS/c26-25(27,28)19-12-18(4-1-16(19)13-29)32-23(34)22-8-3-15-11-14(2-7-21(15)33(22)24(32)35)20-9-10-31(30-20)17-5-6-17/h1-2,4,7,9-12,17,22H,3,5-6,8H2. The van der Waals surface area contributed by atoms with Crippen LogP contribution in [-0.4, -0.2) is 26.8 Å². The molecule has 6 rings (SSSR count). The molecule has 1 amide bonds. The van der Waals surface area contributed by atoms with Crippen LogP contribution in [-0.2, 0) is 17.4 Å². The molecular weight excluding hydrogens is 475 g/mol. The fourth-order valence-electron chi connectivity index (χ4n) is 4.87. The highest BCUT2D eigenvalue weighted by molar-refractivity contribution is 7.81. The Hall–Kier alpha value is -3.71. The van der Waals surface area contributed by atoms with Gasteiger partial charge in [0, 0.05) is 17.4 Å². The maximum atomic E-state index is 13.5. The van der Waals surface area contributed by atoms with Gasteiger partial charge in [-0.15, -0.1) is 0 Å². The summed E-state index contributed by atoms with van der Waals surface area (Å²) in [6, 6.07) is 12.6. The second kappa shape index (κ2) is 7.65. The maximum Gasteiger partial charge on any atom is 0.417 e. The van der Waals surface area contributed by atoms with Gasteiger partial charge in [0.1, 0.15) is 6.04 Å². The molecule has 1 atom stereocenters. The molecule has 1 saturated carbocycles. The summed E-state index contributed by atoms with van der Waals surface area (Å²) in [6.07, 6.45) is 0.679. The molecule has 35 heavy (non-hydrogen) atoms. The zero-order valence-electron chi connectivity index (χ0n) is 18.3. The number of nitriles is 1. The molecule has 0 bridgehead atoms. The van der Waals surface area contributed by atoms with Crippen molar-refractivity contribution in [2.45, 2.75) is 43.9 Å². The van der Waals surface area contributed by atoms with Crippen LogP contribution in [0.5, 0.6) is 0 Å². The van der Waals surface area contributed by atoms with E-state index >= 15 is 0 Å². The maximum absolute atomic E-state index is 13.5. The molecule has 2 aromatic carbocycles. The number of alkyl halides is 3. The van der Waals surface area contributed by atoms with E-state index in [0.29, 0.717) is 18.9 Å². The van der Waals surface area contributed by atoms with Gasteiger partial charge in [-0.3, -0.25) is 14.4 Å². The lowest BCUT2D eigenvalue weighted by Crippen LogP contribution is -2.39. The van der Waals surface area contributed by atoms with Crippen LogP contribution >= 0.6 is 12.2 Å². The normalized spacial score (nSPS) is 19.5. The van der Waals surface area contributed by atoms with Crippen LogP contribution in [0.15, 0.2) is 48.7 Å². The van der Waals surface area contributed by atoms with Gasteiger partial charge in [0.2, 0.25) is 0 Å². The van der Waals surface area contributed by atoms with Crippen molar-refractivity contribution in [1.29, 1.82) is 5.26 Å². The quantitative estimate of drug-likeness (QED) is 0.468. The molecule has 3 aromatic rings. The lowest BCUT2D eigenvalue weighted by atomic mass is 9.94. The van der Waals surface area contributed by atoms with E-state index in [1.54, 1.807) is 11.0 Å². The van der Waals surface area contributed by atoms with E-state index in [0.717, 1.165) is 52.4 Å². The molecule has 1 unspecified atom stereocenters. The van der Waals surface area contributed by atoms with E-state index < -0.39 is 23.3 Å². The van der Waals surface area contributed by atoms with Gasteiger partial charge in [-0.05, 0) is 79.9 Å². The summed E-state index contributed by atoms with van der Waals surface area (Å²) in [4.78, 5) is 16.2. The van der Waals surface area contributed by atoms with Crippen LogP contribution in [0.1, 0.15) is 42.0 Å². The Morgan fingerprint density at radius 2 is 1.89 bits per heavy atom. The fourth-order valence-corrected chi connectivity index (χ4v) is 5.29. The number of carbonyl (C=O) groups is 1. The molecule has 3 heterocycles. The number of thiocarbonyl (C=S) groups is 1. The minimum absolute atomic E-state index is 0.00418. The highest BCUT2D eigenvalue weighted by Gasteiger charge is 2.47. The summed E-state index contributed by atoms with van der Waals surface area (Å²) in [7, 11) is 0. The number of carbonyl (C=O) groups excluding carboxylic acids is 1. The number of hydrogen-bond acceptors (Lipinski definition) is 4. The Morgan fingerprint density at radius 3 is 2.60 bits per heavy atom. The first-order valence-electron chi connectivity index (χ1n) is 11.2. The molecular formula is C25H18F3N5OS. The van der Waals surface area contributed by atoms with Crippen molar-refractivity contribution in [2.75, 3.05) is 9.80 Å². The summed E-state index contributed by atoms with van der Waals surface area (Å²) in [5, 5.41) is 13.9. The Balaban J connectivity index is 1.34. The topological polar surface area (TPSA) is 65.2 Å². The van der Waals surface area contributed by atoms with Gasteiger partial charge in [-0.25, -0.2) is 0 Å². The minimum atomic E-state index is -4.73. The largest absolute Gasteiger partial charge is 0.417 e. The first-order chi connectivity index (χ1) is 16.8. The summed E-state index contributed by atoms with van der Waals surface area (Å²) in [6.45, 7) is 0. The lowest BCUT2D eigenvalue weighted by Gasteiger charge is -2.31. The van der Waals surface area contributed by atoms with Gasteiger partial charge in [0.15, 0.2) is 5.11 Å². The zero-order valence-corrected chi connectivity index (χ0v) is 19.1. The van der Waals surface area contributed by atoms with Gasteiger partial charge < -0.3 is 4.90 Å². The van der Waals surface area contributed by atoms with Crippen LogP contribution in [0.3, 0.4) is 0 Å². The molecule has 2 fully saturated rings. The van der Waals surface area contributed by atoms with Gasteiger partial charge in [-0.1, -0.05) is 6.07 Å². The van der Waals surface area contributed by atoms with Crippen molar-refractivity contribution >= 4 is 34.6 Å². The average Bonchev–Trinajstić information content (AvgIpc) is 3.51. The number of hydrogen-bond donors (Lipinski definition) is 0. The van der Waals surface area contributed by atoms with Crippen molar-refractivity contribution in [3.63, 3.8) is 0 Å². The Morgan fingerprint density at radius 1 is 1.09 bits per heavy atom. The smallest absolute Gasteiger partial charge is 0.305 e. The summed E-state index contributed by atoms with van der Waals surface area (Å²) in [5.74, 6) is -0.370. The van der Waals surface area contributed by atoms with Gasteiger partial charge in [0.05, 0.1) is 34.6 Å². The third kappa shape index (κ3) is 3.49. The van der Waals surface area contributed by atoms with E-state index in [1.807, 2.05) is 35.1 Å². The molecule has 176 valence electrons. The number of fused-ring (bicyclic) bond motifs is 3. The molecule has 1 aromatic heterocycles. The van der Waals surface area contributed by atoms with Crippen molar-refractivity contribution in [3.05, 3.63) is 65.4 Å². The third-order valence-electron chi connectivity index (χ3n) is 6.75. The predicted octanol–water partition coefficient (Wildman–Crippen LogP) is 5.23. The second-order valence-corrected chi connectivity index (χ2v) is 9.34. The molecule has 3 aliphatic rings. The van der Waals surface area contributed by atoms with Crippen molar-refractivity contribution in [3.8, 4) is 17.3 Å². The van der Waals surface area contributed by atoms with Crippen molar-refractivity contribution in [1.82, 2.24) is 9.78 Å². The summed E-state index contributed by atoms with van der Waals surface area (Å²) >= 11 is 5.61. The van der Waals surface area contributed by atoms with Crippen molar-refractivity contribution < 1.29 is 18.0 Å². The highest BCUT2D eigenvalue weighted by Crippen LogP contribution is 2.41. The third-order valence-corrected chi connectivity index (χ3v) is 7.13. The van der Waals surface area contributed by atoms with Crippen LogP contribution in [0.2, 0.25) is 0 Å². The van der Waals surface area contributed by atoms with Gasteiger partial charge in [0.25, 0.3) is 5.91 Å². The van der Waals surface area contributed by atoms with E-state index in [-0.39, 0.29) is 16.7 Å². The molecule has 0 radical (unpaired) electrons. The van der Waals surface area contributed by atoms with E-state index in [2.05, 4.69) is 5.10 Å². The van der Waals surface area contributed by atoms with Crippen LogP contribution in [0.4, 0.5) is 24.5 Å². The molecule has 2 aliphatic heterocycles. The number of rotatable bonds is 3. The zero-order chi connectivity index (χ0) is 24.5. The second-order valence-electron chi connectivity index (χ2n) is 8.98. The SMILES string of the molecule is N#Cc1ccc(N2C(=O)C3CCc4cc(-c5ccn(C6CC6)n5)ccc4N3C2=S)cc1C(F)(F)F. The number of aromatic nitrogens is 2. The van der Waals surface area contributed by atoms with Gasteiger partial charge >= 0.3 is 6.18 Å². The highest BCUT2D eigenvalue weighted by atomic mass is 32.1. The van der Waals surface area contributed by atoms with Crippen molar-refractivity contribution in [2.24, 2.45) is 0 Å². The monoisotopic (exact) mass is 493 g/mol. The Labute approximate surface area is 204 Å². The number of aryl methyl sites for hydroxylation is 1. The number of nitrogens with zero attached hydrogens (tertiary/aromatic N) is 5. The number of anilines is 2. The lowest BCUT2D eigenvalue weighted by molar-refractivity contribution is -0.137. The Kier molecular flexibility index (Phi) is 4.76. The number of benzene rings is 2. The average molecular weight is 494 g/mol. The predicted molar refractivity (Wildman–Crippen MR) is 127 cm³/mol. The van der Waals surface area contributed by atoms with E-state index in [9.17, 15) is 18.0 Å². The van der Waals surface area contributed by atoms with Crippen LogP contribution in [0.25, 0.3) is 11.3 Å². The summed E-state index contributed by atoms with van der Waals surface area (Å²) in [5.41, 5.74) is 2.04. The summed E-state index contributed by atoms with van der Waals surface area (Å²) < 4.78 is 42.5. The molecule has 0 spiro atoms. The van der Waals surface area contributed by atoms with Crippen LogP contribution < -0.4 is 9.80 Å². The molecule has 10 heteroatoms. The fraction of sp³-hybridized carbons (Fsp3) is 0.280.